The molecule has 2 spiro atoms. The normalized spacial score (nSPS) is 59.6. The maximum absolute atomic E-state index is 12.9. The zero-order valence-electron chi connectivity index (χ0n) is 15.6. The molecule has 6 rings (SSSR count). The van der Waals surface area contributed by atoms with Crippen molar-refractivity contribution in [3.63, 3.8) is 0 Å². The standard InChI is InChI=1S/C19H28N2O6/c1-16(2)6-5-10(22)17-7-27-19(26,15(25)12(16)17)18-9(17)4-3-8(14(18)24)11(23)13(18)21-20/h8-10,12,14-15,22,24-26H,3-7,20H2,1-2H3/b21-13+/t8-,9?,10-,12?,14+,15-,17+,18?,19-/m0/s1. The molecule has 3 unspecified atom stereocenters. The molecule has 27 heavy (non-hydrogen) atoms. The number of hydrazone groups is 1. The van der Waals surface area contributed by atoms with Crippen molar-refractivity contribution in [2.75, 3.05) is 6.61 Å². The molecule has 6 N–H and O–H groups in total. The van der Waals surface area contributed by atoms with Crippen molar-refractivity contribution in [2.24, 2.45) is 44.9 Å². The first-order valence-electron chi connectivity index (χ1n) is 9.83. The minimum atomic E-state index is -2.17. The second-order valence-corrected chi connectivity index (χ2v) is 9.96. The van der Waals surface area contributed by atoms with Gasteiger partial charge in [-0.05, 0) is 37.0 Å². The average molecular weight is 380 g/mol. The highest BCUT2D eigenvalue weighted by Gasteiger charge is 2.86. The monoisotopic (exact) mass is 380 g/mol. The number of aliphatic hydroxyl groups is 4. The molecule has 0 radical (unpaired) electrons. The molecule has 8 heteroatoms. The summed E-state index contributed by atoms with van der Waals surface area (Å²) < 4.78 is 5.84. The van der Waals surface area contributed by atoms with Crippen molar-refractivity contribution >= 4 is 11.5 Å². The lowest BCUT2D eigenvalue weighted by molar-refractivity contribution is -0.455. The predicted molar refractivity (Wildman–Crippen MR) is 93.1 cm³/mol. The fraction of sp³-hybridized carbons (Fsp3) is 0.895. The average Bonchev–Trinajstić information content (AvgIpc) is 2.73. The molecule has 150 valence electrons. The highest BCUT2D eigenvalue weighted by atomic mass is 16.6. The van der Waals surface area contributed by atoms with Crippen molar-refractivity contribution in [1.82, 2.24) is 0 Å². The summed E-state index contributed by atoms with van der Waals surface area (Å²) in [7, 11) is 0. The van der Waals surface area contributed by atoms with Gasteiger partial charge < -0.3 is 31.0 Å². The van der Waals surface area contributed by atoms with Gasteiger partial charge in [-0.2, -0.15) is 5.10 Å². The number of ketones is 1. The molecule has 0 aromatic rings. The van der Waals surface area contributed by atoms with Gasteiger partial charge in [-0.1, -0.05) is 13.8 Å². The van der Waals surface area contributed by atoms with Gasteiger partial charge in [-0.3, -0.25) is 4.79 Å². The van der Waals surface area contributed by atoms with Crippen molar-refractivity contribution in [3.05, 3.63) is 0 Å². The Hall–Kier alpha value is -1.06. The third-order valence-corrected chi connectivity index (χ3v) is 8.86. The number of Topliss-reactive ketones (excluding diaryl/α,β-unsaturated/α-hetero) is 1. The minimum absolute atomic E-state index is 0.0751. The lowest BCUT2D eigenvalue weighted by atomic mass is 9.35. The van der Waals surface area contributed by atoms with Crippen molar-refractivity contribution in [3.8, 4) is 0 Å². The molecule has 6 fully saturated rings. The Labute approximate surface area is 157 Å². The maximum Gasteiger partial charge on any atom is 0.206 e. The molecule has 6 aliphatic rings. The molecule has 4 bridgehead atoms. The van der Waals surface area contributed by atoms with E-state index < -0.39 is 52.7 Å². The number of hydrogen-bond donors (Lipinski definition) is 5. The Balaban J connectivity index is 1.83. The van der Waals surface area contributed by atoms with Crippen LogP contribution in [0.3, 0.4) is 0 Å². The van der Waals surface area contributed by atoms with E-state index in [0.29, 0.717) is 25.7 Å². The van der Waals surface area contributed by atoms with Crippen LogP contribution in [0.2, 0.25) is 0 Å². The van der Waals surface area contributed by atoms with Gasteiger partial charge in [-0.15, -0.1) is 0 Å². The number of nitrogens with two attached hydrogens (primary N) is 1. The van der Waals surface area contributed by atoms with Gasteiger partial charge in [0.15, 0.2) is 5.78 Å². The van der Waals surface area contributed by atoms with Gasteiger partial charge in [0.05, 0.1) is 24.7 Å². The molecule has 0 aromatic heterocycles. The molecule has 4 aliphatic carbocycles. The van der Waals surface area contributed by atoms with Crippen LogP contribution in [-0.4, -0.2) is 62.6 Å². The molecule has 2 aliphatic heterocycles. The van der Waals surface area contributed by atoms with E-state index in [1.54, 1.807) is 0 Å². The largest absolute Gasteiger partial charge is 0.392 e. The summed E-state index contributed by atoms with van der Waals surface area (Å²) in [4.78, 5) is 12.9. The number of carbonyl (C=O) groups excluding carboxylic acids is 1. The molecule has 8 nitrogen and oxygen atoms in total. The lowest BCUT2D eigenvalue weighted by Crippen LogP contribution is -2.85. The first kappa shape index (κ1) is 18.0. The SMILES string of the molecule is CC1(C)CC[C@H](O)[C@]23CO[C@@](O)([C@@H](O)C12)C12/C(=N/N)C(=O)[C@H](CCC13)[C@H]2O. The Morgan fingerprint density at radius 3 is 2.52 bits per heavy atom. The Morgan fingerprint density at radius 2 is 1.85 bits per heavy atom. The van der Waals surface area contributed by atoms with Crippen LogP contribution in [0.5, 0.6) is 0 Å². The molecular weight excluding hydrogens is 352 g/mol. The number of ether oxygens (including phenoxy) is 1. The van der Waals surface area contributed by atoms with Gasteiger partial charge in [0.1, 0.15) is 17.2 Å². The van der Waals surface area contributed by atoms with Crippen LogP contribution >= 0.6 is 0 Å². The molecule has 9 atom stereocenters. The van der Waals surface area contributed by atoms with Crippen molar-refractivity contribution in [1.29, 1.82) is 0 Å². The highest BCUT2D eigenvalue weighted by Crippen LogP contribution is 2.75. The maximum atomic E-state index is 12.9. The quantitative estimate of drug-likeness (QED) is 0.271. The van der Waals surface area contributed by atoms with Crippen LogP contribution in [0.4, 0.5) is 0 Å². The van der Waals surface area contributed by atoms with Crippen LogP contribution < -0.4 is 5.84 Å². The predicted octanol–water partition coefficient (Wildman–Crippen LogP) is -0.866. The number of fused-ring (bicyclic) bond motifs is 2. The number of carbonyl (C=O) groups is 1. The fourth-order valence-corrected chi connectivity index (χ4v) is 7.94. The zero-order chi connectivity index (χ0) is 19.6. The van der Waals surface area contributed by atoms with Gasteiger partial charge in [0.25, 0.3) is 0 Å². The number of nitrogens with zero attached hydrogens (tertiary/aromatic N) is 1. The summed E-state index contributed by atoms with van der Waals surface area (Å²) in [6, 6.07) is 0. The van der Waals surface area contributed by atoms with E-state index >= 15 is 0 Å². The van der Waals surface area contributed by atoms with E-state index in [9.17, 15) is 25.2 Å². The highest BCUT2D eigenvalue weighted by molar-refractivity contribution is 6.45. The topological polar surface area (TPSA) is 146 Å². The van der Waals surface area contributed by atoms with Crippen LogP contribution in [0, 0.1) is 34.0 Å². The molecule has 4 saturated carbocycles. The number of rotatable bonds is 0. The lowest BCUT2D eigenvalue weighted by Gasteiger charge is -2.75. The second kappa shape index (κ2) is 4.91. The fourth-order valence-electron chi connectivity index (χ4n) is 7.94. The van der Waals surface area contributed by atoms with Crippen LogP contribution in [0.25, 0.3) is 0 Å². The van der Waals surface area contributed by atoms with Crippen LogP contribution in [0.1, 0.15) is 39.5 Å². The van der Waals surface area contributed by atoms with Gasteiger partial charge in [0.2, 0.25) is 5.79 Å². The first-order chi connectivity index (χ1) is 12.6. The zero-order valence-corrected chi connectivity index (χ0v) is 15.6. The summed E-state index contributed by atoms with van der Waals surface area (Å²) in [6.07, 6.45) is -1.17. The summed E-state index contributed by atoms with van der Waals surface area (Å²) >= 11 is 0. The van der Waals surface area contributed by atoms with Crippen molar-refractivity contribution in [2.45, 2.75) is 63.6 Å². The van der Waals surface area contributed by atoms with Crippen molar-refractivity contribution < 1.29 is 30.0 Å². The second-order valence-electron chi connectivity index (χ2n) is 9.96. The van der Waals surface area contributed by atoms with E-state index in [1.165, 1.54) is 0 Å². The molecule has 2 heterocycles. The Kier molecular flexibility index (Phi) is 3.28. The Bertz CT molecular complexity index is 754. The summed E-state index contributed by atoms with van der Waals surface area (Å²) in [5, 5.41) is 49.1. The van der Waals surface area contributed by atoms with E-state index in [1.807, 2.05) is 13.8 Å². The summed E-state index contributed by atoms with van der Waals surface area (Å²) in [5.74, 6) is 1.43. The van der Waals surface area contributed by atoms with Crippen LogP contribution in [0.15, 0.2) is 5.10 Å². The third kappa shape index (κ3) is 1.55. The van der Waals surface area contributed by atoms with Gasteiger partial charge >= 0.3 is 0 Å². The molecule has 0 aromatic carbocycles. The van der Waals surface area contributed by atoms with Gasteiger partial charge in [-0.25, -0.2) is 0 Å². The molecule has 0 amide bonds. The molecule has 2 saturated heterocycles. The smallest absolute Gasteiger partial charge is 0.206 e. The van der Waals surface area contributed by atoms with E-state index in [4.69, 9.17) is 10.6 Å². The van der Waals surface area contributed by atoms with E-state index in [-0.39, 0.29) is 23.5 Å². The Morgan fingerprint density at radius 1 is 1.15 bits per heavy atom. The number of hydrogen-bond acceptors (Lipinski definition) is 8. The van der Waals surface area contributed by atoms with Crippen LogP contribution in [-0.2, 0) is 9.53 Å². The number of aliphatic hydroxyl groups excluding tert-OH is 3. The third-order valence-electron chi connectivity index (χ3n) is 8.86. The first-order valence-corrected chi connectivity index (χ1v) is 9.83. The van der Waals surface area contributed by atoms with Gasteiger partial charge in [0, 0.05) is 11.3 Å². The summed E-state index contributed by atoms with van der Waals surface area (Å²) in [6.45, 7) is 4.14. The molecular formula is C19H28N2O6. The van der Waals surface area contributed by atoms with E-state index in [2.05, 4.69) is 5.10 Å². The van der Waals surface area contributed by atoms with E-state index in [0.717, 1.165) is 0 Å². The minimum Gasteiger partial charge on any atom is -0.392 e. The summed E-state index contributed by atoms with van der Waals surface area (Å²) in [5.41, 5.74) is -2.93.